The van der Waals surface area contributed by atoms with Crippen LogP contribution in [0.25, 0.3) is 0 Å². The van der Waals surface area contributed by atoms with Crippen molar-refractivity contribution in [2.24, 2.45) is 141 Å². The topological polar surface area (TPSA) is 377 Å². The third-order valence-corrected chi connectivity index (χ3v) is 33.7. The smallest absolute Gasteiger partial charge is 0.327 e. The zero-order chi connectivity index (χ0) is 115. The maximum Gasteiger partial charge on any atom is 0.327 e. The van der Waals surface area contributed by atoms with E-state index in [4.69, 9.17) is 61.9 Å². The molecule has 0 aromatic rings. The van der Waals surface area contributed by atoms with E-state index in [0.717, 1.165) is 109 Å². The van der Waals surface area contributed by atoms with Crippen LogP contribution in [-0.2, 0) is 119 Å². The van der Waals surface area contributed by atoms with Crippen molar-refractivity contribution in [3.05, 3.63) is 0 Å². The summed E-state index contributed by atoms with van der Waals surface area (Å²) < 4.78 is 64.6. The van der Waals surface area contributed by atoms with Gasteiger partial charge in [-0.2, -0.15) is 5.26 Å². The number of hydrogen-bond acceptors (Lipinski definition) is 26. The Morgan fingerprint density at radius 2 is 0.682 bits per heavy atom. The van der Waals surface area contributed by atoms with Gasteiger partial charge in [-0.3, -0.25) is 62.3 Å². The fourth-order valence-electron chi connectivity index (χ4n) is 18.4. The lowest BCUT2D eigenvalue weighted by molar-refractivity contribution is -0.170. The average Bonchev–Trinajstić information content (AvgIpc) is 1.54. The molecule has 0 aromatic carbocycles. The van der Waals surface area contributed by atoms with E-state index in [1.54, 1.807) is 13.8 Å². The summed E-state index contributed by atoms with van der Waals surface area (Å²) >= 11 is 0. The van der Waals surface area contributed by atoms with E-state index < -0.39 is 57.5 Å². The van der Waals surface area contributed by atoms with Gasteiger partial charge in [-0.15, -0.1) is 0 Å². The van der Waals surface area contributed by atoms with Crippen molar-refractivity contribution >= 4 is 77.6 Å². The molecular formula is C121H213NO26. The van der Waals surface area contributed by atoms with E-state index >= 15 is 0 Å². The van der Waals surface area contributed by atoms with E-state index in [2.05, 4.69) is 103 Å². The van der Waals surface area contributed by atoms with Crippen LogP contribution < -0.4 is 0 Å². The van der Waals surface area contributed by atoms with Gasteiger partial charge < -0.3 is 61.9 Å². The lowest BCUT2D eigenvalue weighted by atomic mass is 9.62. The minimum absolute atomic E-state index is 0.00153. The summed E-state index contributed by atoms with van der Waals surface area (Å²) in [4.78, 5) is 153. The zero-order valence-electron chi connectivity index (χ0n) is 102. The van der Waals surface area contributed by atoms with Crippen LogP contribution in [0.3, 0.4) is 0 Å². The number of carbonyl (C=O) groups is 13. The molecule has 9 rings (SSSR count). The molecule has 7 aliphatic carbocycles. The Bertz CT molecular complexity index is 4140. The van der Waals surface area contributed by atoms with Gasteiger partial charge in [-0.25, -0.2) is 0 Å². The Morgan fingerprint density at radius 3 is 1.02 bits per heavy atom. The van der Waals surface area contributed by atoms with Crippen LogP contribution >= 0.6 is 0 Å². The highest BCUT2D eigenvalue weighted by molar-refractivity contribution is 5.86. The van der Waals surface area contributed by atoms with Gasteiger partial charge in [0.25, 0.3) is 0 Å². The molecule has 858 valence electrons. The number of ether oxygens (including phenoxy) is 12. The molecule has 2 saturated heterocycles. The summed E-state index contributed by atoms with van der Waals surface area (Å²) in [7, 11) is 0. The predicted molar refractivity (Wildman–Crippen MR) is 579 cm³/mol. The number of aliphatic carboxylic acids is 1. The van der Waals surface area contributed by atoms with Crippen LogP contribution in [0.15, 0.2) is 0 Å². The van der Waals surface area contributed by atoms with E-state index in [0.29, 0.717) is 73.0 Å². The average molecular weight is 2100 g/mol. The summed E-state index contributed by atoms with van der Waals surface area (Å²) in [5, 5.41) is 18.5. The molecule has 148 heavy (non-hydrogen) atoms. The standard InChI is InChI=1S/C20H38O2.C16H26O6.C16H30O2.C15H19NO4.C14H20O4.C13H26O2.3C9H18O2/c1-10-20(8,9)17(21)22-16-12-14(18(2,3)4)11-15(13-16)19(5,6)7;1-4-16(2,3)15(20)22-10-9-21-14(19)12-8-6-5-7-11(12)13(17)18;1-7-16(5,6)14(17)18-13-10-8-12(9-11-13)15(2,3)4;1-4-14(2,3)12(17)19-10-8-5-9-11(10)20-13(18)15(9,6-8)7-16;1-4-14(2,3)13(16)18-10-7-5-8-9(6-7)12(15)17-11(8)10;1-8-13(6,7)12(14)15-11(9(2)3)10(4)5;3*1-6-9(4,5)8(10)11-7(2)3/h14-16H,10-13H2,1-9H3;11-12H,4-10H2,1-3H3,(H,17,18);12-13H,7-11H2,1-6H3;8-11H,4-6H2,1-3H3;7-11H,4-6H2,1-3H3;9-11H,8H2,1-7H3;3*7H,6H2,1-5H3. The first-order chi connectivity index (χ1) is 67.4. The van der Waals surface area contributed by atoms with E-state index in [9.17, 15) is 67.6 Å². The molecule has 9 fully saturated rings. The lowest BCUT2D eigenvalue weighted by Gasteiger charge is -2.45. The van der Waals surface area contributed by atoms with Gasteiger partial charge in [0.1, 0.15) is 55.9 Å². The molecule has 27 heteroatoms. The van der Waals surface area contributed by atoms with Crippen molar-refractivity contribution in [2.45, 2.75) is 534 Å². The molecule has 27 nitrogen and oxygen atoms in total. The predicted octanol–water partition coefficient (Wildman–Crippen LogP) is 27.3. The number of carboxylic acid groups (broad SMARTS) is 1. The molecule has 14 atom stereocenters. The molecule has 9 aliphatic rings. The lowest BCUT2D eigenvalue weighted by Crippen LogP contribution is -2.42. The molecule has 0 radical (unpaired) electrons. The number of hydrogen-bond donors (Lipinski definition) is 1. The Balaban J connectivity index is 0.000000842. The van der Waals surface area contributed by atoms with E-state index in [-0.39, 0.29) is 189 Å². The summed E-state index contributed by atoms with van der Waals surface area (Å²) in [6, 6.07) is 2.15. The highest BCUT2D eigenvalue weighted by Crippen LogP contribution is 2.63. The van der Waals surface area contributed by atoms with Gasteiger partial charge in [0.15, 0.2) is 5.41 Å². The van der Waals surface area contributed by atoms with E-state index in [1.165, 1.54) is 19.3 Å². The van der Waals surface area contributed by atoms with Crippen molar-refractivity contribution in [3.63, 3.8) is 0 Å². The molecule has 1 N–H and O–H groups in total. The normalized spacial score (nSPS) is 25.0. The minimum atomic E-state index is -0.974. The monoisotopic (exact) mass is 2100 g/mol. The van der Waals surface area contributed by atoms with Crippen LogP contribution in [0.2, 0.25) is 0 Å². The Morgan fingerprint density at radius 1 is 0.358 bits per heavy atom. The summed E-state index contributed by atoms with van der Waals surface area (Å²) in [6.45, 7) is 92.5. The van der Waals surface area contributed by atoms with Crippen molar-refractivity contribution in [1.29, 1.82) is 5.26 Å². The van der Waals surface area contributed by atoms with Crippen molar-refractivity contribution in [1.82, 2.24) is 0 Å². The van der Waals surface area contributed by atoms with E-state index in [1.807, 2.05) is 208 Å². The summed E-state index contributed by atoms with van der Waals surface area (Å²) in [6.07, 6.45) is 19.6. The number of nitriles is 1. The van der Waals surface area contributed by atoms with Gasteiger partial charge in [0, 0.05) is 23.7 Å². The Hall–Kier alpha value is -7.40. The number of rotatable bonds is 33. The maximum absolute atomic E-state index is 12.5. The first kappa shape index (κ1) is 139. The Labute approximate surface area is 896 Å². The Kier molecular flexibility index (Phi) is 54.5. The number of carboxylic acids is 1. The van der Waals surface area contributed by atoms with Gasteiger partial charge in [0.05, 0.1) is 90.9 Å². The summed E-state index contributed by atoms with van der Waals surface area (Å²) in [5.74, 6) is -0.941. The third-order valence-electron chi connectivity index (χ3n) is 33.7. The van der Waals surface area contributed by atoms with Crippen LogP contribution in [0.4, 0.5) is 0 Å². The molecule has 2 aliphatic heterocycles. The second kappa shape index (κ2) is 58.2. The van der Waals surface area contributed by atoms with Crippen LogP contribution in [0.5, 0.6) is 0 Å². The molecule has 0 amide bonds. The molecule has 0 aromatic heterocycles. The largest absolute Gasteiger partial charge is 0.481 e. The number of nitrogens with zero attached hydrogens (tertiary/aromatic N) is 1. The van der Waals surface area contributed by atoms with Gasteiger partial charge in [-0.1, -0.05) is 165 Å². The fraction of sp³-hybridized carbons (Fsp3) is 0.884. The zero-order valence-corrected chi connectivity index (χ0v) is 102. The second-order valence-corrected chi connectivity index (χ2v) is 54.0. The highest BCUT2D eigenvalue weighted by atomic mass is 16.6. The van der Waals surface area contributed by atoms with Gasteiger partial charge >= 0.3 is 77.6 Å². The molecule has 2 heterocycles. The number of esters is 12. The fourth-order valence-corrected chi connectivity index (χ4v) is 18.4. The van der Waals surface area contributed by atoms with Crippen molar-refractivity contribution in [3.8, 4) is 6.07 Å². The third kappa shape index (κ3) is 41.5. The highest BCUT2D eigenvalue weighted by Gasteiger charge is 2.73. The number of fused-ring (bicyclic) bond motifs is 2. The van der Waals surface area contributed by atoms with Gasteiger partial charge in [0.2, 0.25) is 0 Å². The van der Waals surface area contributed by atoms with Crippen molar-refractivity contribution in [2.75, 3.05) is 13.2 Å². The molecule has 0 spiro atoms. The van der Waals surface area contributed by atoms with Gasteiger partial charge in [-0.05, 0) is 353 Å². The SMILES string of the molecule is CCC(C)(C)C(=O)OC(C(C)C)C(C)C.CCC(C)(C)C(=O)OC(C)C.CCC(C)(C)C(=O)OC(C)C.CCC(C)(C)C(=O)OC(C)C.CCC(C)(C)C(=O)OC1C2CC3C(=O)OC1C3C2.CCC(C)(C)C(=O)OC1C2CC3C1OC(=O)C3(C#N)C2.CCC(C)(C)C(=O)OC1CC(C(C)(C)C)CC(C(C)(C)C)C1.CCC(C)(C)C(=O)OC1CCC(C(C)(C)C)CC1.CCC(C)(C)C(=O)OCCOC(=O)C1CCCCC1C(=O)O. The quantitative estimate of drug-likeness (QED) is 0.0362. The first-order valence-electron chi connectivity index (χ1n) is 56.5. The minimum Gasteiger partial charge on any atom is -0.481 e. The summed E-state index contributed by atoms with van der Waals surface area (Å²) in [5.41, 5.74) is -3.63. The maximum atomic E-state index is 12.5. The molecule has 7 saturated carbocycles. The molecular weight excluding hydrogens is 1880 g/mol. The first-order valence-corrected chi connectivity index (χ1v) is 56.5. The number of carbonyl (C=O) groups excluding carboxylic acids is 12. The van der Waals surface area contributed by atoms with Crippen LogP contribution in [0, 0.1) is 153 Å². The van der Waals surface area contributed by atoms with Crippen LogP contribution in [0.1, 0.15) is 473 Å². The van der Waals surface area contributed by atoms with Crippen molar-refractivity contribution < 1.29 is 124 Å². The second-order valence-electron chi connectivity index (χ2n) is 54.0. The van der Waals surface area contributed by atoms with Crippen LogP contribution in [-0.4, -0.2) is 157 Å². The molecule has 4 bridgehead atoms. The molecule has 14 unspecified atom stereocenters.